The number of hydrogen-bond acceptors (Lipinski definition) is 3. The Balaban J connectivity index is 0.000000810. The van der Waals surface area contributed by atoms with Gasteiger partial charge in [-0.2, -0.15) is 0 Å². The lowest BCUT2D eigenvalue weighted by Crippen LogP contribution is -1.97. The van der Waals surface area contributed by atoms with Crippen molar-refractivity contribution in [2.75, 3.05) is 7.11 Å². The molecule has 56 valence electrons. The lowest BCUT2D eigenvalue weighted by Gasteiger charge is -1.94. The Morgan fingerprint density at radius 3 is 2.80 bits per heavy atom. The van der Waals surface area contributed by atoms with Crippen LogP contribution in [-0.2, 0) is 4.74 Å². The predicted molar refractivity (Wildman–Crippen MR) is 39.8 cm³/mol. The molecule has 0 unspecified atom stereocenters. The minimum Gasteiger partial charge on any atom is -0.481 e. The topological polar surface area (TPSA) is 46.2 Å². The Morgan fingerprint density at radius 1 is 1.70 bits per heavy atom. The first-order valence-electron chi connectivity index (χ1n) is 2.49. The quantitative estimate of drug-likeness (QED) is 0.503. The summed E-state index contributed by atoms with van der Waals surface area (Å²) in [5.74, 6) is 0.128. The van der Waals surface area contributed by atoms with E-state index in [2.05, 4.69) is 4.74 Å². The van der Waals surface area contributed by atoms with Gasteiger partial charge in [-0.1, -0.05) is 0 Å². The van der Waals surface area contributed by atoms with Gasteiger partial charge in [0.15, 0.2) is 0 Å². The van der Waals surface area contributed by atoms with Gasteiger partial charge in [0.25, 0.3) is 0 Å². The molecule has 1 aromatic rings. The summed E-state index contributed by atoms with van der Waals surface area (Å²) in [5, 5.41) is 7.11. The number of halogens is 1. The molecule has 1 N–H and O–H groups in total. The van der Waals surface area contributed by atoms with E-state index in [0.717, 1.165) is 0 Å². The average molecular weight is 162 g/mol. The second-order valence-corrected chi connectivity index (χ2v) is 1.55. The third-order valence-corrected chi connectivity index (χ3v) is 0.987. The fraction of sp³-hybridized carbons (Fsp3) is 0.167. The van der Waals surface area contributed by atoms with Gasteiger partial charge < -0.3 is 9.15 Å². The minimum absolute atomic E-state index is 0. The molecule has 0 atom stereocenters. The number of hydrogen-bond donors (Lipinski definition) is 1. The van der Waals surface area contributed by atoms with Crippen LogP contribution in [0.4, 0.5) is 0 Å². The second-order valence-electron chi connectivity index (χ2n) is 1.55. The van der Waals surface area contributed by atoms with E-state index >= 15 is 0 Å². The van der Waals surface area contributed by atoms with Crippen LogP contribution in [0.15, 0.2) is 23.0 Å². The highest BCUT2D eigenvalue weighted by Gasteiger charge is 1.98. The lowest BCUT2D eigenvalue weighted by molar-refractivity contribution is 0.400. The maximum atomic E-state index is 7.11. The van der Waals surface area contributed by atoms with E-state index in [1.807, 2.05) is 0 Å². The first kappa shape index (κ1) is 9.04. The van der Waals surface area contributed by atoms with E-state index in [4.69, 9.17) is 9.83 Å². The molecule has 0 amide bonds. The Bertz CT molecular complexity index is 196. The summed E-state index contributed by atoms with van der Waals surface area (Å²) in [4.78, 5) is 0. The molecule has 0 spiro atoms. The molecule has 0 saturated heterocycles. The number of furan rings is 1. The van der Waals surface area contributed by atoms with Crippen LogP contribution >= 0.6 is 12.4 Å². The Labute approximate surface area is 64.9 Å². The fourth-order valence-electron chi connectivity index (χ4n) is 0.512. The molecule has 0 aliphatic rings. The molecular formula is C6H8ClNO2. The van der Waals surface area contributed by atoms with Gasteiger partial charge in [-0.15, -0.1) is 12.4 Å². The van der Waals surface area contributed by atoms with Gasteiger partial charge in [0.2, 0.25) is 5.90 Å². The molecule has 1 heterocycles. The summed E-state index contributed by atoms with van der Waals surface area (Å²) in [7, 11) is 1.45. The Morgan fingerprint density at radius 2 is 2.40 bits per heavy atom. The molecular weight excluding hydrogens is 154 g/mol. The van der Waals surface area contributed by atoms with Gasteiger partial charge in [-0.25, -0.2) is 0 Å². The van der Waals surface area contributed by atoms with Crippen LogP contribution in [0.2, 0.25) is 0 Å². The molecule has 0 radical (unpaired) electrons. The molecule has 3 nitrogen and oxygen atoms in total. The monoisotopic (exact) mass is 161 g/mol. The van der Waals surface area contributed by atoms with Crippen LogP contribution in [0.3, 0.4) is 0 Å². The molecule has 4 heteroatoms. The molecule has 0 aliphatic heterocycles. The minimum atomic E-state index is 0. The largest absolute Gasteiger partial charge is 0.481 e. The van der Waals surface area contributed by atoms with Crippen LogP contribution in [0.25, 0.3) is 0 Å². The van der Waals surface area contributed by atoms with Crippen LogP contribution in [0.1, 0.15) is 5.56 Å². The number of methoxy groups -OCH3 is 1. The van der Waals surface area contributed by atoms with E-state index in [1.54, 1.807) is 6.07 Å². The molecule has 1 aromatic heterocycles. The molecule has 0 aliphatic carbocycles. The Hall–Kier alpha value is -0.960. The summed E-state index contributed by atoms with van der Waals surface area (Å²) in [6, 6.07) is 1.67. The molecule has 1 rings (SSSR count). The normalized spacial score (nSPS) is 8.10. The first-order chi connectivity index (χ1) is 4.34. The zero-order valence-corrected chi connectivity index (χ0v) is 6.27. The van der Waals surface area contributed by atoms with Crippen LogP contribution in [0.5, 0.6) is 0 Å². The van der Waals surface area contributed by atoms with E-state index in [9.17, 15) is 0 Å². The maximum absolute atomic E-state index is 7.11. The highest BCUT2D eigenvalue weighted by molar-refractivity contribution is 5.90. The molecule has 0 bridgehead atoms. The van der Waals surface area contributed by atoms with Crippen molar-refractivity contribution in [1.29, 1.82) is 5.41 Å². The molecule has 10 heavy (non-hydrogen) atoms. The third-order valence-electron chi connectivity index (χ3n) is 0.987. The zero-order chi connectivity index (χ0) is 6.69. The van der Waals surface area contributed by atoms with Crippen molar-refractivity contribution >= 4 is 18.3 Å². The van der Waals surface area contributed by atoms with Crippen LogP contribution < -0.4 is 0 Å². The standard InChI is InChI=1S/C6H7NO2.ClH/c1-8-6(7)5-2-3-9-4-5;/h2-4,7H,1H3;1H. The molecule has 0 aromatic carbocycles. The van der Waals surface area contributed by atoms with Crippen molar-refractivity contribution in [2.24, 2.45) is 0 Å². The van der Waals surface area contributed by atoms with Crippen molar-refractivity contribution in [3.05, 3.63) is 24.2 Å². The second kappa shape index (κ2) is 3.95. The van der Waals surface area contributed by atoms with E-state index < -0.39 is 0 Å². The van der Waals surface area contributed by atoms with E-state index in [0.29, 0.717) is 5.56 Å². The smallest absolute Gasteiger partial charge is 0.216 e. The summed E-state index contributed by atoms with van der Waals surface area (Å²) in [6.45, 7) is 0. The van der Waals surface area contributed by atoms with Gasteiger partial charge in [-0.3, -0.25) is 5.41 Å². The van der Waals surface area contributed by atoms with Gasteiger partial charge >= 0.3 is 0 Å². The average Bonchev–Trinajstić information content (AvgIpc) is 2.37. The SMILES string of the molecule is COC(=N)c1ccoc1.Cl. The van der Waals surface area contributed by atoms with E-state index in [1.165, 1.54) is 19.6 Å². The highest BCUT2D eigenvalue weighted by Crippen LogP contribution is 2.00. The van der Waals surface area contributed by atoms with Crippen LogP contribution in [0, 0.1) is 5.41 Å². The number of rotatable bonds is 1. The van der Waals surface area contributed by atoms with Gasteiger partial charge in [0, 0.05) is 0 Å². The number of ether oxygens (including phenoxy) is 1. The highest BCUT2D eigenvalue weighted by atomic mass is 35.5. The van der Waals surface area contributed by atoms with Crippen molar-refractivity contribution in [3.8, 4) is 0 Å². The fourth-order valence-corrected chi connectivity index (χ4v) is 0.512. The maximum Gasteiger partial charge on any atom is 0.216 e. The van der Waals surface area contributed by atoms with Gasteiger partial charge in [-0.05, 0) is 6.07 Å². The zero-order valence-electron chi connectivity index (χ0n) is 5.46. The van der Waals surface area contributed by atoms with Crippen LogP contribution in [-0.4, -0.2) is 13.0 Å². The Kier molecular flexibility index (Phi) is 3.57. The molecule has 0 saturated carbocycles. The summed E-state index contributed by atoms with van der Waals surface area (Å²) < 4.78 is 9.33. The molecule has 0 fully saturated rings. The van der Waals surface area contributed by atoms with Crippen molar-refractivity contribution in [3.63, 3.8) is 0 Å². The first-order valence-corrected chi connectivity index (χ1v) is 2.49. The third kappa shape index (κ3) is 1.77. The van der Waals surface area contributed by atoms with Crippen molar-refractivity contribution < 1.29 is 9.15 Å². The summed E-state index contributed by atoms with van der Waals surface area (Å²) in [6.07, 6.45) is 2.97. The summed E-state index contributed by atoms with van der Waals surface area (Å²) in [5.41, 5.74) is 0.664. The predicted octanol–water partition coefficient (Wildman–Crippen LogP) is 1.67. The van der Waals surface area contributed by atoms with E-state index in [-0.39, 0.29) is 18.3 Å². The lowest BCUT2D eigenvalue weighted by atomic mass is 10.3. The van der Waals surface area contributed by atoms with Crippen molar-refractivity contribution in [2.45, 2.75) is 0 Å². The van der Waals surface area contributed by atoms with Gasteiger partial charge in [0.1, 0.15) is 6.26 Å². The van der Waals surface area contributed by atoms with Gasteiger partial charge in [0.05, 0.1) is 18.9 Å². The number of nitrogens with one attached hydrogen (secondary N) is 1. The van der Waals surface area contributed by atoms with Crippen molar-refractivity contribution in [1.82, 2.24) is 0 Å². The summed E-state index contributed by atoms with van der Waals surface area (Å²) >= 11 is 0.